The molecule has 1 unspecified atom stereocenters. The fraction of sp³-hybridized carbons (Fsp3) is 0.480. The van der Waals surface area contributed by atoms with Crippen molar-refractivity contribution in [3.63, 3.8) is 0 Å². The molecular weight excluding hydrogens is 1860 g/mol. The Bertz CT molecular complexity index is 4560. The van der Waals surface area contributed by atoms with Gasteiger partial charge >= 0.3 is 5.97 Å². The van der Waals surface area contributed by atoms with Gasteiger partial charge in [0.15, 0.2) is 0 Å². The SMILES string of the molecule is CC(OCc1ccccc1)[C@H](N)C(N)=O.CCCCNC(=O)CC[C@H](N)C(N)=O.CN(C)CCNC(=O)CC[C@H](N)C(N)=O.CN(Cc1ccccc1)C(=O)CC[C@H](N)C(N)=O.CN(Cc1ccccc1)C(=O)CC[C@H](N)C(N)=O.NC(=O)[C@@H](N)CCC(=O)N1CCCCC1.NC(=O)[C@@H](N)CCC(=O)NCCc1ccccc1.NC(=O)[C@@H](N)CCC(=O)OCc1ccccc1.NC(=O)[C@@H](N)COCc1ccccc1. The van der Waals surface area contributed by atoms with Crippen molar-refractivity contribution in [2.24, 2.45) is 103 Å². The fourth-order valence-electron chi connectivity index (χ4n) is 11.5. The first-order chi connectivity index (χ1) is 68.1. The average molecular weight is 2020 g/mol. The van der Waals surface area contributed by atoms with Gasteiger partial charge in [0.1, 0.15) is 18.7 Å². The van der Waals surface area contributed by atoms with Crippen LogP contribution in [0.3, 0.4) is 0 Å². The maximum absolute atomic E-state index is 11.8. The summed E-state index contributed by atoms with van der Waals surface area (Å²) in [5.74, 6) is -5.78. The van der Waals surface area contributed by atoms with Crippen molar-refractivity contribution in [2.75, 3.05) is 74.1 Å². The molecule has 1 fully saturated rings. The maximum atomic E-state index is 11.8. The lowest BCUT2D eigenvalue weighted by Crippen LogP contribution is -2.45. The number of unbranched alkanes of at least 4 members (excludes halogenated alkanes) is 1. The third kappa shape index (κ3) is 71.7. The first kappa shape index (κ1) is 132. The highest BCUT2D eigenvalue weighted by atomic mass is 16.5. The van der Waals surface area contributed by atoms with E-state index in [1.165, 1.54) is 12.0 Å². The van der Waals surface area contributed by atoms with Crippen LogP contribution in [0.2, 0.25) is 0 Å². The number of hydrogen-bond acceptors (Lipinski definition) is 29. The van der Waals surface area contributed by atoms with Crippen LogP contribution in [-0.4, -0.2) is 249 Å². The third-order valence-corrected chi connectivity index (χ3v) is 20.9. The van der Waals surface area contributed by atoms with Gasteiger partial charge in [-0.15, -0.1) is 0 Å². The van der Waals surface area contributed by atoms with Gasteiger partial charge in [-0.05, 0) is 131 Å². The van der Waals surface area contributed by atoms with Crippen molar-refractivity contribution in [2.45, 2.75) is 236 Å². The second kappa shape index (κ2) is 80.9. The molecule has 1 aliphatic heterocycles. The van der Waals surface area contributed by atoms with Crippen LogP contribution in [0.15, 0.2) is 182 Å². The normalized spacial score (nSPS) is 13.0. The zero-order valence-electron chi connectivity index (χ0n) is 84.2. The van der Waals surface area contributed by atoms with E-state index in [9.17, 15) is 76.7 Å². The molecule has 800 valence electrons. The topological polar surface area (TPSA) is 818 Å². The lowest BCUT2D eigenvalue weighted by atomic mass is 10.1. The minimum atomic E-state index is -0.792. The molecule has 6 aromatic carbocycles. The fourth-order valence-corrected chi connectivity index (χ4v) is 11.5. The van der Waals surface area contributed by atoms with Crippen LogP contribution in [0.5, 0.6) is 0 Å². The molecule has 0 aromatic heterocycles. The molecule has 1 saturated heterocycles. The largest absolute Gasteiger partial charge is 0.461 e. The lowest BCUT2D eigenvalue weighted by molar-refractivity contribution is -0.145. The molecule has 6 aromatic rings. The molecule has 39 N–H and O–H groups in total. The van der Waals surface area contributed by atoms with Gasteiger partial charge in [0.05, 0.1) is 68.2 Å². The zero-order valence-corrected chi connectivity index (χ0v) is 84.2. The molecule has 144 heavy (non-hydrogen) atoms. The number of piperidine rings is 1. The number of likely N-dealkylation sites (tertiary alicyclic amines) is 1. The molecular formula is C100H161N25O19. The van der Waals surface area contributed by atoms with E-state index in [1.807, 2.05) is 206 Å². The highest BCUT2D eigenvalue weighted by molar-refractivity contribution is 5.86. The highest BCUT2D eigenvalue weighted by Crippen LogP contribution is 2.14. The average Bonchev–Trinajstić information content (AvgIpc) is 0.916. The van der Waals surface area contributed by atoms with Crippen molar-refractivity contribution >= 4 is 94.6 Å². The van der Waals surface area contributed by atoms with Gasteiger partial charge in [-0.2, -0.15) is 0 Å². The first-order valence-corrected chi connectivity index (χ1v) is 47.4. The molecule has 44 heteroatoms. The number of esters is 1. The van der Waals surface area contributed by atoms with Gasteiger partial charge in [0, 0.05) is 111 Å². The van der Waals surface area contributed by atoms with Gasteiger partial charge in [-0.1, -0.05) is 195 Å². The summed E-state index contributed by atoms with van der Waals surface area (Å²) in [7, 11) is 7.31. The minimum Gasteiger partial charge on any atom is -0.461 e. The second-order valence-electron chi connectivity index (χ2n) is 33.8. The van der Waals surface area contributed by atoms with E-state index in [2.05, 4.69) is 22.9 Å². The minimum absolute atomic E-state index is 0.0458. The summed E-state index contributed by atoms with van der Waals surface area (Å²) in [6.07, 6.45) is 9.39. The van der Waals surface area contributed by atoms with Crippen LogP contribution in [0.4, 0.5) is 0 Å². The number of primary amides is 9. The summed E-state index contributed by atoms with van der Waals surface area (Å²) in [6, 6.07) is 51.3. The van der Waals surface area contributed by atoms with E-state index >= 15 is 0 Å². The van der Waals surface area contributed by atoms with Crippen molar-refractivity contribution in [3.8, 4) is 0 Å². The Labute approximate surface area is 845 Å². The molecule has 15 amide bonds. The summed E-state index contributed by atoms with van der Waals surface area (Å²) in [5.41, 5.74) is 100. The van der Waals surface area contributed by atoms with Crippen LogP contribution in [0, 0.1) is 0 Å². The van der Waals surface area contributed by atoms with E-state index in [4.69, 9.17) is 117 Å². The van der Waals surface area contributed by atoms with Crippen LogP contribution in [0.25, 0.3) is 0 Å². The third-order valence-electron chi connectivity index (χ3n) is 20.9. The van der Waals surface area contributed by atoms with Gasteiger partial charge in [0.2, 0.25) is 88.6 Å². The Hall–Kier alpha value is -13.6. The second-order valence-corrected chi connectivity index (χ2v) is 33.8. The van der Waals surface area contributed by atoms with Crippen LogP contribution < -0.4 is 119 Å². The summed E-state index contributed by atoms with van der Waals surface area (Å²) in [5, 5.41) is 8.23. The van der Waals surface area contributed by atoms with Gasteiger partial charge in [0.25, 0.3) is 0 Å². The van der Waals surface area contributed by atoms with E-state index in [0.29, 0.717) is 71.6 Å². The first-order valence-electron chi connectivity index (χ1n) is 47.4. The Kier molecular flexibility index (Phi) is 74.3. The van der Waals surface area contributed by atoms with Crippen molar-refractivity contribution in [3.05, 3.63) is 215 Å². The number of nitrogens with zero attached hydrogens (tertiary/aromatic N) is 4. The molecule has 0 spiro atoms. The Balaban J connectivity index is 0. The van der Waals surface area contributed by atoms with Gasteiger partial charge < -0.3 is 153 Å². The molecule has 7 rings (SSSR count). The van der Waals surface area contributed by atoms with Crippen molar-refractivity contribution < 1.29 is 90.9 Å². The zero-order chi connectivity index (χ0) is 109. The molecule has 0 radical (unpaired) electrons. The molecule has 10 atom stereocenters. The number of nitrogens with one attached hydrogen (secondary N) is 3. The summed E-state index contributed by atoms with van der Waals surface area (Å²) in [4.78, 5) is 183. The predicted octanol–water partition coefficient (Wildman–Crippen LogP) is -1.50. The Morgan fingerprint density at radius 3 is 0.972 bits per heavy atom. The van der Waals surface area contributed by atoms with Crippen LogP contribution in [-0.2, 0) is 130 Å². The van der Waals surface area contributed by atoms with Crippen molar-refractivity contribution in [1.82, 2.24) is 35.6 Å². The number of hydrogen-bond donors (Lipinski definition) is 21. The quantitative estimate of drug-likeness (QED) is 0.0153. The van der Waals surface area contributed by atoms with Crippen LogP contribution >= 0.6 is 0 Å². The van der Waals surface area contributed by atoms with E-state index in [-0.39, 0.29) is 125 Å². The molecule has 0 bridgehead atoms. The van der Waals surface area contributed by atoms with Gasteiger partial charge in [-0.25, -0.2) is 0 Å². The van der Waals surface area contributed by atoms with E-state index in [0.717, 1.165) is 79.6 Å². The van der Waals surface area contributed by atoms with E-state index in [1.54, 1.807) is 30.8 Å². The van der Waals surface area contributed by atoms with Gasteiger partial charge in [-0.3, -0.25) is 76.7 Å². The number of carbonyl (C=O) groups is 16. The lowest BCUT2D eigenvalue weighted by Gasteiger charge is -2.26. The standard InChI is InChI=1S/3C13H19N3O2.C12H16N2O3.C11H16N2O2.C10H19N3O2.C10H14N2O2.C9H20N4O2.C9H19N3O2/c2*1-16(9-10-5-3-2-4-6-10)12(17)8-7-11(14)13(15)18;14-11(13(15)18)6-7-12(17)16-9-8-10-4-2-1-3-5-10;13-10(12(14)16)6-7-11(15)17-8-9-4-2-1-3-5-9;1-8(10(12)11(13)14)15-7-9-5-3-2-4-6-9;11-8(10(12)15)4-5-9(14)13-6-2-1-3-7-13;11-9(10(12)13)7-14-6-8-4-2-1-3-5-8;1-13(2)6-5-12-8(14)4-3-7(10)9(11)15;1-2-3-6-12-8(13)5-4-7(10)9(11)14/h2*2-6,11H,7-9,14H2,1H3,(H2,15,18);1-5,11H,6-9,14H2,(H2,15,18)(H,16,17);1-5,10H,6-8,13H2,(H2,14,16);2-6,8,10H,7,12H2,1H3,(H2,13,14);8H,1-7,11H2,(H2,12,15);1-5,9H,6-7,11H2,(H2,12,13);7H,3-6,10H2,1-2H3,(H2,11,15)(H,12,14);7H,2-6,10H2,1H3,(H2,11,14)(H,12,13)/t3*11-;10-;8?,10-;8-;9-;2*7-/m000000000/s1. The number of likely N-dealkylation sites (N-methyl/N-ethyl adjacent to an activating group) is 1. The number of nitrogens with two attached hydrogens (primary N) is 18. The molecule has 0 saturated carbocycles. The Morgan fingerprint density at radius 1 is 0.340 bits per heavy atom. The highest BCUT2D eigenvalue weighted by Gasteiger charge is 2.23. The summed E-state index contributed by atoms with van der Waals surface area (Å²) < 4.78 is 15.7. The molecule has 1 heterocycles. The summed E-state index contributed by atoms with van der Waals surface area (Å²) in [6.45, 7) is 10.5. The number of benzene rings is 6. The number of amides is 15. The van der Waals surface area contributed by atoms with E-state index < -0.39 is 108 Å². The maximum Gasteiger partial charge on any atom is 0.306 e. The monoisotopic (exact) mass is 2020 g/mol. The summed E-state index contributed by atoms with van der Waals surface area (Å²) >= 11 is 0. The smallest absolute Gasteiger partial charge is 0.306 e. The molecule has 44 nitrogen and oxygen atoms in total. The molecule has 1 aliphatic rings. The predicted molar refractivity (Wildman–Crippen MR) is 551 cm³/mol. The van der Waals surface area contributed by atoms with Crippen LogP contribution in [0.1, 0.15) is 169 Å². The van der Waals surface area contributed by atoms with Crippen molar-refractivity contribution in [1.29, 1.82) is 0 Å². The Morgan fingerprint density at radius 2 is 0.639 bits per heavy atom. The number of carbonyl (C=O) groups excluding carboxylic acids is 16. The molecule has 0 aliphatic carbocycles. The number of rotatable bonds is 53. The number of ether oxygens (including phenoxy) is 3.